The molecule has 0 fully saturated rings. The van der Waals surface area contributed by atoms with E-state index in [1.807, 2.05) is 19.1 Å². The maximum atomic E-state index is 10.7. The highest BCUT2D eigenvalue weighted by Gasteiger charge is 2.04. The fraction of sp³-hybridized carbons (Fsp3) is 0.0769. The van der Waals surface area contributed by atoms with Gasteiger partial charge in [-0.2, -0.15) is 0 Å². The van der Waals surface area contributed by atoms with Crippen molar-refractivity contribution in [2.45, 2.75) is 11.8 Å². The summed E-state index contributed by atoms with van der Waals surface area (Å²) in [6.45, 7) is 1.88. The van der Waals surface area contributed by atoms with Crippen LogP contribution in [0.2, 0.25) is 0 Å². The first-order chi connectivity index (χ1) is 8.80. The molecule has 0 saturated carbocycles. The van der Waals surface area contributed by atoms with Crippen LogP contribution in [-0.4, -0.2) is 8.42 Å². The molecule has 0 aliphatic heterocycles. The topological polar surface area (TPSA) is 112 Å². The summed E-state index contributed by atoms with van der Waals surface area (Å²) < 4.78 is 21.4. The first kappa shape index (κ1) is 15.0. The molecule has 102 valence electrons. The monoisotopic (exact) mass is 279 g/mol. The predicted octanol–water partition coefficient (Wildman–Crippen LogP) is 1.49. The van der Waals surface area contributed by atoms with Gasteiger partial charge < -0.3 is 11.5 Å². The molecule has 5 nitrogen and oxygen atoms in total. The van der Waals surface area contributed by atoms with Gasteiger partial charge in [0.15, 0.2) is 0 Å². The summed E-state index contributed by atoms with van der Waals surface area (Å²) in [5.74, 6) is 0. The number of aryl methyl sites for hydroxylation is 1. The van der Waals surface area contributed by atoms with Gasteiger partial charge in [0, 0.05) is 0 Å². The Morgan fingerprint density at radius 1 is 0.842 bits per heavy atom. The summed E-state index contributed by atoms with van der Waals surface area (Å²) in [6, 6.07) is 13.6. The summed E-state index contributed by atoms with van der Waals surface area (Å²) >= 11 is 0. The van der Waals surface area contributed by atoms with Crippen molar-refractivity contribution in [2.75, 3.05) is 11.5 Å². The van der Waals surface area contributed by atoms with Crippen LogP contribution in [0.1, 0.15) is 5.56 Å². The number of primary sulfonamides is 1. The van der Waals surface area contributed by atoms with Crippen LogP contribution in [0.25, 0.3) is 0 Å². The molecule has 0 aliphatic rings. The third kappa shape index (κ3) is 4.99. The highest BCUT2D eigenvalue weighted by atomic mass is 32.2. The molecule has 0 amide bonds. The van der Waals surface area contributed by atoms with E-state index in [2.05, 4.69) is 0 Å². The zero-order valence-electron chi connectivity index (χ0n) is 10.6. The van der Waals surface area contributed by atoms with Gasteiger partial charge >= 0.3 is 0 Å². The van der Waals surface area contributed by atoms with Crippen LogP contribution < -0.4 is 16.6 Å². The zero-order chi connectivity index (χ0) is 14.5. The molecule has 2 rings (SSSR count). The summed E-state index contributed by atoms with van der Waals surface area (Å²) in [5.41, 5.74) is 13.1. The molecule has 19 heavy (non-hydrogen) atoms. The minimum Gasteiger partial charge on any atom is -0.397 e. The van der Waals surface area contributed by atoms with Crippen molar-refractivity contribution in [3.05, 3.63) is 54.1 Å². The number of benzene rings is 2. The van der Waals surface area contributed by atoms with Gasteiger partial charge in [0.2, 0.25) is 10.0 Å². The Morgan fingerprint density at radius 3 is 1.58 bits per heavy atom. The summed E-state index contributed by atoms with van der Waals surface area (Å²) in [6.07, 6.45) is 0. The van der Waals surface area contributed by atoms with E-state index in [1.165, 1.54) is 12.1 Å². The molecule has 0 aliphatic carbocycles. The van der Waals surface area contributed by atoms with Crippen molar-refractivity contribution in [1.29, 1.82) is 0 Å². The summed E-state index contributed by atoms with van der Waals surface area (Å²) in [5, 5.41) is 4.88. The van der Waals surface area contributed by atoms with Gasteiger partial charge in [0.05, 0.1) is 16.3 Å². The fourth-order valence-electron chi connectivity index (χ4n) is 1.24. The fourth-order valence-corrected chi connectivity index (χ4v) is 1.75. The first-order valence-electron chi connectivity index (χ1n) is 5.50. The number of hydrogen-bond donors (Lipinski definition) is 3. The molecule has 2 aromatic carbocycles. The van der Waals surface area contributed by atoms with Gasteiger partial charge in [-0.1, -0.05) is 29.8 Å². The van der Waals surface area contributed by atoms with Gasteiger partial charge in [0.1, 0.15) is 0 Å². The molecule has 0 radical (unpaired) electrons. The summed E-state index contributed by atoms with van der Waals surface area (Å²) in [7, 11) is -3.52. The van der Waals surface area contributed by atoms with Gasteiger partial charge in [-0.3, -0.25) is 0 Å². The van der Waals surface area contributed by atoms with Crippen molar-refractivity contribution in [3.63, 3.8) is 0 Å². The summed E-state index contributed by atoms with van der Waals surface area (Å²) in [4.78, 5) is 0.156. The van der Waals surface area contributed by atoms with Crippen LogP contribution in [0.5, 0.6) is 0 Å². The zero-order valence-corrected chi connectivity index (χ0v) is 11.4. The minimum atomic E-state index is -3.52. The van der Waals surface area contributed by atoms with Crippen molar-refractivity contribution in [3.8, 4) is 0 Å². The Balaban J connectivity index is 0.000000200. The Morgan fingerprint density at radius 2 is 1.26 bits per heavy atom. The molecule has 0 aromatic heterocycles. The molecule has 6 heteroatoms. The largest absolute Gasteiger partial charge is 0.397 e. The molecule has 2 aromatic rings. The highest BCUT2D eigenvalue weighted by Crippen LogP contribution is 2.10. The van der Waals surface area contributed by atoms with Gasteiger partial charge in [-0.25, -0.2) is 13.6 Å². The maximum Gasteiger partial charge on any atom is 0.238 e. The highest BCUT2D eigenvalue weighted by molar-refractivity contribution is 7.89. The maximum absolute atomic E-state index is 10.7. The van der Waals surface area contributed by atoms with E-state index >= 15 is 0 Å². The number of nitrogen functional groups attached to an aromatic ring is 2. The van der Waals surface area contributed by atoms with E-state index in [4.69, 9.17) is 16.6 Å². The molecule has 0 saturated heterocycles. The van der Waals surface area contributed by atoms with Crippen molar-refractivity contribution in [2.24, 2.45) is 5.14 Å². The number of para-hydroxylation sites is 2. The normalized spacial score (nSPS) is 10.4. The number of hydrogen-bond acceptors (Lipinski definition) is 4. The third-order valence-corrected chi connectivity index (χ3v) is 3.27. The van der Waals surface area contributed by atoms with E-state index in [9.17, 15) is 8.42 Å². The molecular formula is C13H17N3O2S. The second kappa shape index (κ2) is 6.21. The standard InChI is InChI=1S/C7H9NO2S.C6H8N2/c1-6-2-4-7(5-3-6)11(8,9)10;7-5-3-1-2-4-6(5)8/h2-5H,1H3,(H2,8,9,10);1-4H,7-8H2. The van der Waals surface area contributed by atoms with Crippen LogP contribution in [0.15, 0.2) is 53.4 Å². The average Bonchev–Trinajstić information content (AvgIpc) is 2.33. The number of rotatable bonds is 1. The lowest BCUT2D eigenvalue weighted by atomic mass is 10.2. The van der Waals surface area contributed by atoms with Gasteiger partial charge in [-0.05, 0) is 31.2 Å². The van der Waals surface area contributed by atoms with E-state index in [1.54, 1.807) is 24.3 Å². The van der Waals surface area contributed by atoms with Gasteiger partial charge in [0.25, 0.3) is 0 Å². The molecule has 0 atom stereocenters. The Kier molecular flexibility index (Phi) is 4.91. The second-order valence-corrected chi connectivity index (χ2v) is 5.55. The quantitative estimate of drug-likeness (QED) is 0.686. The van der Waals surface area contributed by atoms with E-state index in [-0.39, 0.29) is 4.90 Å². The van der Waals surface area contributed by atoms with E-state index in [0.717, 1.165) is 5.56 Å². The molecular weight excluding hydrogens is 262 g/mol. The lowest BCUT2D eigenvalue weighted by Gasteiger charge is -1.96. The van der Waals surface area contributed by atoms with Crippen LogP contribution in [0.3, 0.4) is 0 Å². The predicted molar refractivity (Wildman–Crippen MR) is 77.8 cm³/mol. The Labute approximate surface area is 113 Å². The van der Waals surface area contributed by atoms with E-state index < -0.39 is 10.0 Å². The Bertz CT molecular complexity index is 616. The van der Waals surface area contributed by atoms with E-state index in [0.29, 0.717) is 11.4 Å². The average molecular weight is 279 g/mol. The van der Waals surface area contributed by atoms with Crippen LogP contribution >= 0.6 is 0 Å². The minimum absolute atomic E-state index is 0.156. The van der Waals surface area contributed by atoms with Crippen molar-refractivity contribution in [1.82, 2.24) is 0 Å². The van der Waals surface area contributed by atoms with Crippen molar-refractivity contribution < 1.29 is 8.42 Å². The molecule has 0 heterocycles. The second-order valence-electron chi connectivity index (χ2n) is 3.99. The molecule has 0 bridgehead atoms. The van der Waals surface area contributed by atoms with Gasteiger partial charge in [-0.15, -0.1) is 0 Å². The van der Waals surface area contributed by atoms with Crippen molar-refractivity contribution >= 4 is 21.4 Å². The molecule has 6 N–H and O–H groups in total. The van der Waals surface area contributed by atoms with Crippen LogP contribution in [-0.2, 0) is 10.0 Å². The molecule has 0 spiro atoms. The SMILES string of the molecule is Cc1ccc(S(N)(=O)=O)cc1.Nc1ccccc1N. The lowest BCUT2D eigenvalue weighted by molar-refractivity contribution is 0.598. The lowest BCUT2D eigenvalue weighted by Crippen LogP contribution is -2.11. The third-order valence-electron chi connectivity index (χ3n) is 2.35. The van der Waals surface area contributed by atoms with Crippen LogP contribution in [0.4, 0.5) is 11.4 Å². The van der Waals surface area contributed by atoms with Crippen LogP contribution in [0, 0.1) is 6.92 Å². The Hall–Kier alpha value is -2.05. The molecule has 0 unspecified atom stereocenters. The smallest absolute Gasteiger partial charge is 0.238 e. The first-order valence-corrected chi connectivity index (χ1v) is 7.05. The number of anilines is 2. The number of nitrogens with two attached hydrogens (primary N) is 3. The number of sulfonamides is 1.